The molecular weight excluding hydrogens is 280 g/mol. The van der Waals surface area contributed by atoms with Crippen molar-refractivity contribution in [1.29, 1.82) is 0 Å². The fourth-order valence-corrected chi connectivity index (χ4v) is 2.93. The molecule has 0 aromatic carbocycles. The molecule has 0 aliphatic carbocycles. The minimum atomic E-state index is -0.516. The quantitative estimate of drug-likeness (QED) is 0.889. The molecule has 1 aliphatic rings. The standard InChI is InChI=1S/C16H20N4O2/c1-10-3-4-17-7-14(10)16(22)20-8-12(15(21)9-20)6-13-5-11(2)18-19-13/h3-5,7,12,15,21H,6,8-9H2,1-2H3,(H,18,19)/t12-,15-/m1/s1. The van der Waals surface area contributed by atoms with Gasteiger partial charge in [-0.2, -0.15) is 5.10 Å². The van der Waals surface area contributed by atoms with Crippen LogP contribution in [-0.4, -0.2) is 50.3 Å². The molecular formula is C16H20N4O2. The normalized spacial score (nSPS) is 21.3. The first kappa shape index (κ1) is 14.7. The molecule has 1 fully saturated rings. The van der Waals surface area contributed by atoms with Crippen molar-refractivity contribution >= 4 is 5.91 Å². The molecule has 1 saturated heterocycles. The van der Waals surface area contributed by atoms with Crippen LogP contribution in [0.15, 0.2) is 24.5 Å². The molecule has 22 heavy (non-hydrogen) atoms. The van der Waals surface area contributed by atoms with Gasteiger partial charge in [-0.05, 0) is 38.0 Å². The van der Waals surface area contributed by atoms with Gasteiger partial charge in [0.15, 0.2) is 0 Å². The number of hydrogen-bond acceptors (Lipinski definition) is 4. The minimum absolute atomic E-state index is 0.0172. The molecule has 0 spiro atoms. The zero-order valence-electron chi connectivity index (χ0n) is 12.8. The summed E-state index contributed by atoms with van der Waals surface area (Å²) >= 11 is 0. The summed E-state index contributed by atoms with van der Waals surface area (Å²) in [5.74, 6) is -0.0472. The molecule has 2 atom stereocenters. The Hall–Kier alpha value is -2.21. The van der Waals surface area contributed by atoms with Crippen LogP contribution in [0.3, 0.4) is 0 Å². The molecule has 3 heterocycles. The topological polar surface area (TPSA) is 82.1 Å². The molecule has 2 aromatic rings. The SMILES string of the molecule is Cc1cc(C[C@@H]2CN(C(=O)c3cnccc3C)C[C@H]2O)n[nH]1. The molecule has 1 amide bonds. The lowest BCUT2D eigenvalue weighted by molar-refractivity contribution is 0.0763. The number of H-pyrrole nitrogens is 1. The summed E-state index contributed by atoms with van der Waals surface area (Å²) < 4.78 is 0. The van der Waals surface area contributed by atoms with E-state index < -0.39 is 6.10 Å². The largest absolute Gasteiger partial charge is 0.391 e. The fraction of sp³-hybridized carbons (Fsp3) is 0.438. The van der Waals surface area contributed by atoms with Crippen molar-refractivity contribution in [2.24, 2.45) is 5.92 Å². The minimum Gasteiger partial charge on any atom is -0.391 e. The van der Waals surface area contributed by atoms with E-state index in [-0.39, 0.29) is 11.8 Å². The van der Waals surface area contributed by atoms with E-state index in [1.807, 2.05) is 26.0 Å². The maximum Gasteiger partial charge on any atom is 0.255 e. The van der Waals surface area contributed by atoms with Crippen molar-refractivity contribution in [3.05, 3.63) is 47.0 Å². The van der Waals surface area contributed by atoms with Gasteiger partial charge in [-0.1, -0.05) is 0 Å². The van der Waals surface area contributed by atoms with Crippen molar-refractivity contribution < 1.29 is 9.90 Å². The van der Waals surface area contributed by atoms with Crippen LogP contribution in [0.25, 0.3) is 0 Å². The maximum absolute atomic E-state index is 12.6. The van der Waals surface area contributed by atoms with Gasteiger partial charge in [0.1, 0.15) is 0 Å². The number of likely N-dealkylation sites (tertiary alicyclic amines) is 1. The predicted molar refractivity (Wildman–Crippen MR) is 81.4 cm³/mol. The van der Waals surface area contributed by atoms with Crippen LogP contribution in [-0.2, 0) is 6.42 Å². The summed E-state index contributed by atoms with van der Waals surface area (Å²) in [5, 5.41) is 17.4. The second-order valence-corrected chi connectivity index (χ2v) is 5.97. The van der Waals surface area contributed by atoms with Crippen molar-refractivity contribution in [3.63, 3.8) is 0 Å². The van der Waals surface area contributed by atoms with Crippen molar-refractivity contribution in [2.75, 3.05) is 13.1 Å². The highest BCUT2D eigenvalue weighted by Gasteiger charge is 2.35. The number of nitrogens with zero attached hydrogens (tertiary/aromatic N) is 3. The van der Waals surface area contributed by atoms with Crippen molar-refractivity contribution in [2.45, 2.75) is 26.4 Å². The van der Waals surface area contributed by atoms with E-state index in [0.717, 1.165) is 17.0 Å². The number of aliphatic hydroxyl groups is 1. The van der Waals surface area contributed by atoms with Gasteiger partial charge in [-0.25, -0.2) is 0 Å². The van der Waals surface area contributed by atoms with E-state index in [9.17, 15) is 9.90 Å². The van der Waals surface area contributed by atoms with E-state index in [4.69, 9.17) is 0 Å². The number of pyridine rings is 1. The number of aromatic amines is 1. The van der Waals surface area contributed by atoms with Crippen LogP contribution in [0.5, 0.6) is 0 Å². The van der Waals surface area contributed by atoms with Gasteiger partial charge in [0.25, 0.3) is 5.91 Å². The van der Waals surface area contributed by atoms with Gasteiger partial charge in [0, 0.05) is 37.1 Å². The van der Waals surface area contributed by atoms with E-state index in [1.165, 1.54) is 0 Å². The highest BCUT2D eigenvalue weighted by Crippen LogP contribution is 2.23. The molecule has 6 nitrogen and oxygen atoms in total. The van der Waals surface area contributed by atoms with Gasteiger partial charge in [0.2, 0.25) is 0 Å². The Labute approximate surface area is 129 Å². The van der Waals surface area contributed by atoms with E-state index in [2.05, 4.69) is 15.2 Å². The number of nitrogens with one attached hydrogen (secondary N) is 1. The smallest absolute Gasteiger partial charge is 0.255 e. The Morgan fingerprint density at radius 1 is 1.45 bits per heavy atom. The van der Waals surface area contributed by atoms with E-state index >= 15 is 0 Å². The monoisotopic (exact) mass is 300 g/mol. The van der Waals surface area contributed by atoms with Crippen molar-refractivity contribution in [3.8, 4) is 0 Å². The highest BCUT2D eigenvalue weighted by molar-refractivity contribution is 5.95. The molecule has 116 valence electrons. The number of carbonyl (C=O) groups is 1. The lowest BCUT2D eigenvalue weighted by Crippen LogP contribution is -2.30. The molecule has 3 rings (SSSR count). The third kappa shape index (κ3) is 2.87. The number of amides is 1. The number of rotatable bonds is 3. The fourth-order valence-electron chi connectivity index (χ4n) is 2.93. The lowest BCUT2D eigenvalue weighted by atomic mass is 10.00. The molecule has 2 N–H and O–H groups in total. The first-order valence-corrected chi connectivity index (χ1v) is 7.43. The zero-order chi connectivity index (χ0) is 15.7. The average molecular weight is 300 g/mol. The summed E-state index contributed by atoms with van der Waals surface area (Å²) in [4.78, 5) is 18.3. The van der Waals surface area contributed by atoms with Gasteiger partial charge in [-0.3, -0.25) is 14.9 Å². The molecule has 0 saturated carbocycles. The summed E-state index contributed by atoms with van der Waals surface area (Å²) in [6.45, 7) is 4.75. The number of carbonyl (C=O) groups excluding carboxylic acids is 1. The van der Waals surface area contributed by atoms with Gasteiger partial charge >= 0.3 is 0 Å². The zero-order valence-corrected chi connectivity index (χ0v) is 12.8. The molecule has 0 unspecified atom stereocenters. The third-order valence-corrected chi connectivity index (χ3v) is 4.19. The van der Waals surface area contributed by atoms with E-state index in [0.29, 0.717) is 25.1 Å². The Kier molecular flexibility index (Phi) is 3.94. The van der Waals surface area contributed by atoms with Crippen molar-refractivity contribution in [1.82, 2.24) is 20.1 Å². The Balaban J connectivity index is 1.70. The number of aliphatic hydroxyl groups excluding tert-OH is 1. The molecule has 6 heteroatoms. The number of hydrogen-bond donors (Lipinski definition) is 2. The summed E-state index contributed by atoms with van der Waals surface area (Å²) in [7, 11) is 0. The average Bonchev–Trinajstić information content (AvgIpc) is 3.06. The lowest BCUT2D eigenvalue weighted by Gasteiger charge is -2.17. The molecule has 0 radical (unpaired) electrons. The van der Waals surface area contributed by atoms with Gasteiger partial charge < -0.3 is 10.0 Å². The summed E-state index contributed by atoms with van der Waals surface area (Å²) in [5.41, 5.74) is 3.43. The predicted octanol–water partition coefficient (Wildman–Crippen LogP) is 1.10. The Morgan fingerprint density at radius 3 is 2.95 bits per heavy atom. The molecule has 0 bridgehead atoms. The first-order chi connectivity index (χ1) is 10.5. The van der Waals surface area contributed by atoms with Gasteiger partial charge in [-0.15, -0.1) is 0 Å². The molecule has 2 aromatic heterocycles. The van der Waals surface area contributed by atoms with Crippen LogP contribution in [0.4, 0.5) is 0 Å². The van der Waals surface area contributed by atoms with Crippen LogP contribution < -0.4 is 0 Å². The van der Waals surface area contributed by atoms with Crippen LogP contribution in [0.1, 0.15) is 27.3 Å². The highest BCUT2D eigenvalue weighted by atomic mass is 16.3. The number of aryl methyl sites for hydroxylation is 2. The first-order valence-electron chi connectivity index (χ1n) is 7.43. The van der Waals surface area contributed by atoms with Gasteiger partial charge in [0.05, 0.1) is 17.4 Å². The van der Waals surface area contributed by atoms with E-state index in [1.54, 1.807) is 17.3 Å². The third-order valence-electron chi connectivity index (χ3n) is 4.19. The second kappa shape index (κ2) is 5.88. The number of aromatic nitrogens is 3. The summed E-state index contributed by atoms with van der Waals surface area (Å²) in [6, 6.07) is 3.80. The Morgan fingerprint density at radius 2 is 2.27 bits per heavy atom. The summed E-state index contributed by atoms with van der Waals surface area (Å²) in [6.07, 6.45) is 3.42. The van der Waals surface area contributed by atoms with Crippen LogP contribution in [0, 0.1) is 19.8 Å². The Bertz CT molecular complexity index is 682. The second-order valence-electron chi connectivity index (χ2n) is 5.97. The van der Waals surface area contributed by atoms with Crippen LogP contribution in [0.2, 0.25) is 0 Å². The maximum atomic E-state index is 12.6. The van der Waals surface area contributed by atoms with Crippen LogP contribution >= 0.6 is 0 Å². The number of β-amino-alcohol motifs (C(OH)–C–C–N with tert-alkyl or cyclic N) is 1. The molecule has 1 aliphatic heterocycles.